The second-order valence-corrected chi connectivity index (χ2v) is 13.2. The first-order chi connectivity index (χ1) is 21.6. The molecule has 0 bridgehead atoms. The largest absolute Gasteiger partial charge is 0.444 e. The number of piperidine rings is 1. The van der Waals surface area contributed by atoms with Crippen molar-refractivity contribution in [2.45, 2.75) is 64.6 Å². The molecule has 234 valence electrons. The predicted octanol–water partition coefficient (Wildman–Crippen LogP) is 5.40. The van der Waals surface area contributed by atoms with E-state index < -0.39 is 5.60 Å². The molecule has 1 saturated carbocycles. The summed E-state index contributed by atoms with van der Waals surface area (Å²) in [5, 5.41) is 11.7. The molecule has 3 N–H and O–H groups in total. The number of aromatic nitrogens is 4. The van der Waals surface area contributed by atoms with Gasteiger partial charge in [0.15, 0.2) is 0 Å². The summed E-state index contributed by atoms with van der Waals surface area (Å²) in [7, 11) is 2.05. The fraction of sp³-hybridized carbons (Fsp3) is 0.424. The Morgan fingerprint density at radius 1 is 1.04 bits per heavy atom. The molecular weight excluding hydrogens is 572 g/mol. The standard InChI is InChI=1S/C33H38N8O4/c1-33(2,3)45-32(44)40-14-11-20(12-15-40)41-26-18-39(4)29-21(22(26)17-35-41)6-5-7-24(29)36-25-16-27(38-30(42)19-8-9-19)37-23-10-13-34-31(43)28(23)25/h5-7,10,13,16-17,19-20H,8-9,11-12,14-15,18H2,1-4H3,(H,34,43)(H2,36,37,38,42). The van der Waals surface area contributed by atoms with Gasteiger partial charge in [-0.1, -0.05) is 12.1 Å². The Morgan fingerprint density at radius 3 is 2.56 bits per heavy atom. The lowest BCUT2D eigenvalue weighted by Gasteiger charge is -2.35. The minimum atomic E-state index is -0.519. The molecule has 5 heterocycles. The molecule has 2 amide bonds. The molecule has 45 heavy (non-hydrogen) atoms. The van der Waals surface area contributed by atoms with Crippen molar-refractivity contribution in [2.24, 2.45) is 5.92 Å². The van der Waals surface area contributed by atoms with E-state index in [1.165, 1.54) is 0 Å². The summed E-state index contributed by atoms with van der Waals surface area (Å²) >= 11 is 0. The highest BCUT2D eigenvalue weighted by Gasteiger charge is 2.33. The third-order valence-electron chi connectivity index (χ3n) is 8.65. The van der Waals surface area contributed by atoms with E-state index in [1.54, 1.807) is 23.2 Å². The van der Waals surface area contributed by atoms with Gasteiger partial charge in [0.2, 0.25) is 5.91 Å². The van der Waals surface area contributed by atoms with Crippen molar-refractivity contribution < 1.29 is 14.3 Å². The first kappa shape index (κ1) is 28.9. The van der Waals surface area contributed by atoms with Crippen LogP contribution in [0.25, 0.3) is 22.0 Å². The lowest BCUT2D eigenvalue weighted by Crippen LogP contribution is -2.42. The number of ether oxygens (including phenoxy) is 1. The number of rotatable bonds is 5. The smallest absolute Gasteiger partial charge is 0.410 e. The van der Waals surface area contributed by atoms with Crippen LogP contribution in [-0.2, 0) is 16.1 Å². The molecular formula is C33H38N8O4. The van der Waals surface area contributed by atoms with Crippen LogP contribution in [0.3, 0.4) is 0 Å². The molecule has 7 rings (SSSR count). The Kier molecular flexibility index (Phi) is 7.02. The lowest BCUT2D eigenvalue weighted by molar-refractivity contribution is -0.117. The second kappa shape index (κ2) is 10.9. The van der Waals surface area contributed by atoms with Gasteiger partial charge in [-0.05, 0) is 58.6 Å². The van der Waals surface area contributed by atoms with Gasteiger partial charge in [0.05, 0.1) is 52.4 Å². The third-order valence-corrected chi connectivity index (χ3v) is 8.65. The van der Waals surface area contributed by atoms with Crippen molar-refractivity contribution >= 4 is 45.8 Å². The second-order valence-electron chi connectivity index (χ2n) is 13.2. The molecule has 0 radical (unpaired) electrons. The first-order valence-corrected chi connectivity index (χ1v) is 15.5. The zero-order valence-corrected chi connectivity index (χ0v) is 26.0. The number of nitrogens with one attached hydrogen (secondary N) is 3. The highest BCUT2D eigenvalue weighted by molar-refractivity contribution is 6.00. The fourth-order valence-corrected chi connectivity index (χ4v) is 6.36. The zero-order chi connectivity index (χ0) is 31.5. The van der Waals surface area contributed by atoms with E-state index in [2.05, 4.69) is 36.2 Å². The van der Waals surface area contributed by atoms with E-state index in [1.807, 2.05) is 46.1 Å². The molecule has 1 aromatic carbocycles. The van der Waals surface area contributed by atoms with Crippen LogP contribution in [0.4, 0.5) is 27.7 Å². The molecule has 1 saturated heterocycles. The number of pyridine rings is 2. The van der Waals surface area contributed by atoms with Crippen LogP contribution in [-0.4, -0.2) is 62.4 Å². The maximum absolute atomic E-state index is 13.0. The van der Waals surface area contributed by atoms with Crippen LogP contribution in [0.1, 0.15) is 58.2 Å². The van der Waals surface area contributed by atoms with Gasteiger partial charge < -0.3 is 30.2 Å². The zero-order valence-electron chi connectivity index (χ0n) is 26.0. The molecule has 3 aliphatic rings. The molecule has 3 aromatic heterocycles. The number of benzene rings is 1. The number of carbonyl (C=O) groups excluding carboxylic acids is 2. The number of H-pyrrole nitrogens is 1. The van der Waals surface area contributed by atoms with Gasteiger partial charge >= 0.3 is 6.09 Å². The molecule has 1 aliphatic carbocycles. The summed E-state index contributed by atoms with van der Waals surface area (Å²) in [5.74, 6) is 0.391. The number of amides is 2. The van der Waals surface area contributed by atoms with Crippen molar-refractivity contribution in [1.29, 1.82) is 0 Å². The normalized spacial score (nSPS) is 16.7. The maximum atomic E-state index is 13.0. The number of fused-ring (bicyclic) bond motifs is 4. The molecule has 12 heteroatoms. The first-order valence-electron chi connectivity index (χ1n) is 15.5. The molecule has 0 spiro atoms. The van der Waals surface area contributed by atoms with Crippen LogP contribution in [0.15, 0.2) is 47.5 Å². The quantitative estimate of drug-likeness (QED) is 0.273. The van der Waals surface area contributed by atoms with Crippen LogP contribution in [0.5, 0.6) is 0 Å². The Bertz CT molecular complexity index is 1860. The van der Waals surface area contributed by atoms with Crippen molar-refractivity contribution in [3.63, 3.8) is 0 Å². The van der Waals surface area contributed by atoms with Crippen LogP contribution < -0.4 is 21.1 Å². The van der Waals surface area contributed by atoms with Crippen molar-refractivity contribution in [2.75, 3.05) is 35.7 Å². The van der Waals surface area contributed by atoms with E-state index >= 15 is 0 Å². The summed E-state index contributed by atoms with van der Waals surface area (Å²) < 4.78 is 7.71. The minimum absolute atomic E-state index is 0.0282. The van der Waals surface area contributed by atoms with Gasteiger partial charge in [0, 0.05) is 49.4 Å². The topological polar surface area (TPSA) is 137 Å². The highest BCUT2D eigenvalue weighted by atomic mass is 16.6. The minimum Gasteiger partial charge on any atom is -0.444 e. The van der Waals surface area contributed by atoms with Gasteiger partial charge in [-0.3, -0.25) is 14.3 Å². The average Bonchev–Trinajstić information content (AvgIpc) is 3.76. The highest BCUT2D eigenvalue weighted by Crippen LogP contribution is 2.45. The van der Waals surface area contributed by atoms with Crippen molar-refractivity contribution in [1.82, 2.24) is 24.6 Å². The molecule has 4 aromatic rings. The van der Waals surface area contributed by atoms with Crippen LogP contribution in [0.2, 0.25) is 0 Å². The van der Waals surface area contributed by atoms with E-state index in [-0.39, 0.29) is 29.5 Å². The van der Waals surface area contributed by atoms with Crippen molar-refractivity contribution in [3.8, 4) is 11.1 Å². The molecule has 0 unspecified atom stereocenters. The maximum Gasteiger partial charge on any atom is 0.410 e. The number of nitrogens with zero attached hydrogens (tertiary/aromatic N) is 5. The predicted molar refractivity (Wildman–Crippen MR) is 173 cm³/mol. The molecule has 2 fully saturated rings. The summed E-state index contributed by atoms with van der Waals surface area (Å²) in [6.45, 7) is 7.54. The SMILES string of the molecule is CN1Cc2c(cnn2C2CCN(C(=O)OC(C)(C)C)CC2)-c2cccc(Nc3cc(NC(=O)C4CC4)nc4cc[nH]c(=O)c34)c21. The van der Waals surface area contributed by atoms with E-state index in [0.717, 1.165) is 53.9 Å². The number of hydrogen-bond donors (Lipinski definition) is 3. The molecule has 0 atom stereocenters. The van der Waals surface area contributed by atoms with Gasteiger partial charge in [0.1, 0.15) is 11.4 Å². The molecule has 12 nitrogen and oxygen atoms in total. The number of aromatic amines is 1. The van der Waals surface area contributed by atoms with Crippen LogP contribution >= 0.6 is 0 Å². The Labute approximate surface area is 260 Å². The number of anilines is 4. The van der Waals surface area contributed by atoms with E-state index in [0.29, 0.717) is 42.0 Å². The number of hydrogen-bond acceptors (Lipinski definition) is 8. The summed E-state index contributed by atoms with van der Waals surface area (Å²) in [6.07, 6.45) is 6.60. The Balaban J connectivity index is 1.17. The fourth-order valence-electron chi connectivity index (χ4n) is 6.36. The summed E-state index contributed by atoms with van der Waals surface area (Å²) in [6, 6.07) is 9.72. The van der Waals surface area contributed by atoms with Gasteiger partial charge in [-0.25, -0.2) is 9.78 Å². The number of para-hydroxylation sites is 1. The monoisotopic (exact) mass is 610 g/mol. The van der Waals surface area contributed by atoms with Crippen LogP contribution in [0, 0.1) is 5.92 Å². The number of likely N-dealkylation sites (tertiary alicyclic amines) is 1. The molecule has 2 aliphatic heterocycles. The summed E-state index contributed by atoms with van der Waals surface area (Å²) in [4.78, 5) is 49.4. The van der Waals surface area contributed by atoms with Crippen molar-refractivity contribution in [3.05, 3.63) is 58.8 Å². The van der Waals surface area contributed by atoms with E-state index in [4.69, 9.17) is 9.84 Å². The Hall–Kier alpha value is -4.87. The summed E-state index contributed by atoms with van der Waals surface area (Å²) in [5.41, 5.74) is 5.33. The van der Waals surface area contributed by atoms with E-state index in [9.17, 15) is 14.4 Å². The van der Waals surface area contributed by atoms with Gasteiger partial charge in [-0.2, -0.15) is 5.10 Å². The van der Waals surface area contributed by atoms with Gasteiger partial charge in [0.25, 0.3) is 5.56 Å². The third kappa shape index (κ3) is 5.60. The number of carbonyl (C=O) groups is 2. The average molecular weight is 611 g/mol. The van der Waals surface area contributed by atoms with Gasteiger partial charge in [-0.15, -0.1) is 0 Å². The lowest BCUT2D eigenvalue weighted by atomic mass is 9.97. The Morgan fingerprint density at radius 2 is 1.82 bits per heavy atom.